The number of hydrogen-bond acceptors (Lipinski definition) is 9. The third-order valence-electron chi connectivity index (χ3n) is 8.08. The van der Waals surface area contributed by atoms with Crippen molar-refractivity contribution in [2.75, 3.05) is 26.3 Å². The van der Waals surface area contributed by atoms with Gasteiger partial charge in [0.15, 0.2) is 11.0 Å². The van der Waals surface area contributed by atoms with Gasteiger partial charge in [-0.15, -0.1) is 0 Å². The van der Waals surface area contributed by atoms with E-state index in [9.17, 15) is 18.0 Å². The first-order valence-corrected chi connectivity index (χ1v) is 16.9. The van der Waals surface area contributed by atoms with Crippen LogP contribution in [0.2, 0.25) is 0 Å². The zero-order valence-corrected chi connectivity index (χ0v) is 27.1. The quantitative estimate of drug-likeness (QED) is 0.251. The van der Waals surface area contributed by atoms with Gasteiger partial charge in [0.2, 0.25) is 10.0 Å². The SMILES string of the molecule is CC(C)CN(C[C@H](C=O)[C@H](Cc1ccccc1)NC(=O)O[C@H]1CO[C@H]2OCCC21)S(=O)(=O)c1ccc2oc(Br)c(CN)c2c1. The summed E-state index contributed by atoms with van der Waals surface area (Å²) < 4.78 is 52.5. The van der Waals surface area contributed by atoms with Gasteiger partial charge in [0, 0.05) is 42.5 Å². The van der Waals surface area contributed by atoms with Gasteiger partial charge < -0.3 is 34.5 Å². The number of sulfonamides is 1. The summed E-state index contributed by atoms with van der Waals surface area (Å²) in [4.78, 5) is 25.9. The standard InChI is InChI=1S/C31H38BrN3O8S/c1-19(2)15-35(44(38,39)22-8-9-27-24(13-22)25(14-33)29(32)42-27)16-21(17-36)26(12-20-6-4-3-5-7-20)34-31(37)43-28-18-41-30-23(28)10-11-40-30/h3-9,13,17,19,21,23,26,28,30H,10-12,14-16,18,33H2,1-2H3,(H,34,37)/t21-,23?,26+,28+,30-/m1/s1. The molecule has 1 aromatic heterocycles. The molecule has 3 N–H and O–H groups in total. The van der Waals surface area contributed by atoms with Crippen molar-refractivity contribution >= 4 is 49.3 Å². The molecule has 2 fully saturated rings. The summed E-state index contributed by atoms with van der Waals surface area (Å²) in [6.07, 6.45) is 0.183. The van der Waals surface area contributed by atoms with Crippen LogP contribution in [0.15, 0.2) is 62.5 Å². The molecule has 0 aliphatic carbocycles. The number of nitrogens with two attached hydrogens (primary N) is 1. The summed E-state index contributed by atoms with van der Waals surface area (Å²) in [5.41, 5.74) is 7.94. The molecule has 3 heterocycles. The molecule has 0 radical (unpaired) electrons. The van der Waals surface area contributed by atoms with Crippen LogP contribution in [0, 0.1) is 17.8 Å². The maximum Gasteiger partial charge on any atom is 0.407 e. The lowest BCUT2D eigenvalue weighted by Crippen LogP contribution is -2.49. The molecule has 3 aromatic rings. The molecule has 0 saturated carbocycles. The highest BCUT2D eigenvalue weighted by molar-refractivity contribution is 9.10. The number of alkyl carbamates (subject to hydrolysis) is 1. The molecule has 1 amide bonds. The van der Waals surface area contributed by atoms with E-state index in [1.54, 1.807) is 12.1 Å². The Morgan fingerprint density at radius 2 is 1.95 bits per heavy atom. The first-order chi connectivity index (χ1) is 21.1. The molecule has 0 bridgehead atoms. The second-order valence-corrected chi connectivity index (χ2v) is 14.3. The first kappa shape index (κ1) is 32.6. The van der Waals surface area contributed by atoms with Gasteiger partial charge in [-0.2, -0.15) is 4.31 Å². The van der Waals surface area contributed by atoms with Crippen molar-refractivity contribution in [3.8, 4) is 0 Å². The minimum atomic E-state index is -4.07. The van der Waals surface area contributed by atoms with Crippen LogP contribution in [0.1, 0.15) is 31.4 Å². The lowest BCUT2D eigenvalue weighted by Gasteiger charge is -2.31. The third-order valence-corrected chi connectivity index (χ3v) is 10.5. The maximum atomic E-state index is 14.1. The number of fused-ring (bicyclic) bond motifs is 2. The predicted octanol–water partition coefficient (Wildman–Crippen LogP) is 4.21. The number of carbonyl (C=O) groups is 2. The predicted molar refractivity (Wildman–Crippen MR) is 166 cm³/mol. The third kappa shape index (κ3) is 7.19. The molecule has 13 heteroatoms. The summed E-state index contributed by atoms with van der Waals surface area (Å²) >= 11 is 3.35. The topological polar surface area (TPSA) is 150 Å². The molecule has 5 atom stereocenters. The number of amides is 1. The van der Waals surface area contributed by atoms with E-state index < -0.39 is 34.2 Å². The van der Waals surface area contributed by atoms with Crippen molar-refractivity contribution < 1.29 is 36.6 Å². The average molecular weight is 693 g/mol. The zero-order chi connectivity index (χ0) is 31.4. The summed E-state index contributed by atoms with van der Waals surface area (Å²) in [5, 5.41) is 3.47. The van der Waals surface area contributed by atoms with E-state index >= 15 is 0 Å². The molecule has 1 unspecified atom stereocenters. The Morgan fingerprint density at radius 3 is 2.66 bits per heavy atom. The van der Waals surface area contributed by atoms with Crippen molar-refractivity contribution in [2.24, 2.45) is 23.5 Å². The van der Waals surface area contributed by atoms with Crippen molar-refractivity contribution in [1.82, 2.24) is 9.62 Å². The van der Waals surface area contributed by atoms with E-state index in [0.717, 1.165) is 12.0 Å². The summed E-state index contributed by atoms with van der Waals surface area (Å²) in [7, 11) is -4.07. The van der Waals surface area contributed by atoms with E-state index in [1.165, 1.54) is 10.4 Å². The summed E-state index contributed by atoms with van der Waals surface area (Å²) in [6, 6.07) is 13.3. The minimum absolute atomic E-state index is 0.0436. The lowest BCUT2D eigenvalue weighted by molar-refractivity contribution is -0.112. The number of nitrogens with zero attached hydrogens (tertiary/aromatic N) is 1. The number of ether oxygens (including phenoxy) is 3. The van der Waals surface area contributed by atoms with Gasteiger partial charge >= 0.3 is 6.09 Å². The van der Waals surface area contributed by atoms with Gasteiger partial charge in [-0.3, -0.25) is 0 Å². The van der Waals surface area contributed by atoms with E-state index in [1.807, 2.05) is 44.2 Å². The first-order valence-electron chi connectivity index (χ1n) is 14.7. The Bertz CT molecular complexity index is 1560. The number of benzene rings is 2. The highest BCUT2D eigenvalue weighted by Gasteiger charge is 2.44. The molecular weight excluding hydrogens is 654 g/mol. The zero-order valence-electron chi connectivity index (χ0n) is 24.7. The Kier molecular flexibility index (Phi) is 10.4. The number of nitrogens with one attached hydrogen (secondary N) is 1. The fourth-order valence-corrected chi connectivity index (χ4v) is 8.04. The number of rotatable bonds is 13. The van der Waals surface area contributed by atoms with E-state index in [0.29, 0.717) is 40.5 Å². The van der Waals surface area contributed by atoms with Crippen LogP contribution < -0.4 is 11.1 Å². The minimum Gasteiger partial charge on any atom is -0.449 e. The molecule has 11 nitrogen and oxygen atoms in total. The molecule has 0 spiro atoms. The Balaban J connectivity index is 1.40. The highest BCUT2D eigenvalue weighted by Crippen LogP contribution is 2.34. The second-order valence-electron chi connectivity index (χ2n) is 11.6. The molecule has 2 aliphatic heterocycles. The van der Waals surface area contributed by atoms with Crippen LogP contribution in [-0.2, 0) is 42.0 Å². The largest absolute Gasteiger partial charge is 0.449 e. The van der Waals surface area contributed by atoms with Gasteiger partial charge in [0.05, 0.1) is 24.0 Å². The molecule has 2 aromatic carbocycles. The molecule has 5 rings (SSSR count). The van der Waals surface area contributed by atoms with Crippen LogP contribution in [-0.4, -0.2) is 69.8 Å². The van der Waals surface area contributed by atoms with Gasteiger partial charge in [-0.1, -0.05) is 44.2 Å². The fraction of sp³-hybridized carbons (Fsp3) is 0.484. The van der Waals surface area contributed by atoms with Crippen LogP contribution in [0.3, 0.4) is 0 Å². The lowest BCUT2D eigenvalue weighted by atomic mass is 9.94. The summed E-state index contributed by atoms with van der Waals surface area (Å²) in [5.74, 6) is -0.974. The van der Waals surface area contributed by atoms with E-state index in [2.05, 4.69) is 21.2 Å². The van der Waals surface area contributed by atoms with E-state index in [4.69, 9.17) is 24.4 Å². The molecular formula is C31H38BrN3O8S. The maximum absolute atomic E-state index is 14.1. The van der Waals surface area contributed by atoms with Crippen LogP contribution in [0.5, 0.6) is 0 Å². The van der Waals surface area contributed by atoms with Gasteiger partial charge in [0.25, 0.3) is 0 Å². The normalized spacial score (nSPS) is 21.5. The van der Waals surface area contributed by atoms with Crippen molar-refractivity contribution in [3.05, 3.63) is 64.3 Å². The Morgan fingerprint density at radius 1 is 1.18 bits per heavy atom. The molecule has 44 heavy (non-hydrogen) atoms. The number of furan rings is 1. The molecule has 2 aliphatic rings. The summed E-state index contributed by atoms with van der Waals surface area (Å²) in [6.45, 7) is 4.75. The number of aldehydes is 1. The fourth-order valence-electron chi connectivity index (χ4n) is 5.82. The van der Waals surface area contributed by atoms with Crippen LogP contribution in [0.4, 0.5) is 4.79 Å². The smallest absolute Gasteiger partial charge is 0.407 e. The average Bonchev–Trinajstić information content (AvgIpc) is 3.69. The highest BCUT2D eigenvalue weighted by atomic mass is 79.9. The monoisotopic (exact) mass is 691 g/mol. The number of carbonyl (C=O) groups excluding carboxylic acids is 2. The number of hydrogen-bond donors (Lipinski definition) is 2. The Labute approximate surface area is 265 Å². The van der Waals surface area contributed by atoms with Crippen molar-refractivity contribution in [1.29, 1.82) is 0 Å². The van der Waals surface area contributed by atoms with Gasteiger partial charge in [0.1, 0.15) is 18.0 Å². The van der Waals surface area contributed by atoms with Crippen molar-refractivity contribution in [3.63, 3.8) is 0 Å². The molecule has 238 valence electrons. The number of halogens is 1. The van der Waals surface area contributed by atoms with Gasteiger partial charge in [-0.25, -0.2) is 13.2 Å². The van der Waals surface area contributed by atoms with Crippen molar-refractivity contribution in [2.45, 2.75) is 56.6 Å². The van der Waals surface area contributed by atoms with Crippen LogP contribution in [0.25, 0.3) is 11.0 Å². The van der Waals surface area contributed by atoms with Crippen LogP contribution >= 0.6 is 15.9 Å². The molecule has 2 saturated heterocycles. The second kappa shape index (κ2) is 14.1. The van der Waals surface area contributed by atoms with Gasteiger partial charge in [-0.05, 0) is 58.5 Å². The Hall–Kier alpha value is -2.81. The van der Waals surface area contributed by atoms with E-state index in [-0.39, 0.29) is 49.3 Å².